The fourth-order valence-electron chi connectivity index (χ4n) is 7.44. The molecule has 1 atom stereocenters. The second-order valence-corrected chi connectivity index (χ2v) is 17.6. The van der Waals surface area contributed by atoms with Crippen LogP contribution in [0.2, 0.25) is 0 Å². The SMILES string of the molecule is CC(C)(C)OC(=O)N1CCc2cnc(Nc3ccc(CS(=O)(=O)C4CCN(C5CN(c6ccc(C7CCC(=O)NC7=O)cc6)C5)CC4)cc3)nc2C1. The Morgan fingerprint density at radius 2 is 1.67 bits per heavy atom. The van der Waals surface area contributed by atoms with Gasteiger partial charge < -0.3 is 19.9 Å². The van der Waals surface area contributed by atoms with Gasteiger partial charge >= 0.3 is 6.09 Å². The Bertz CT molecular complexity index is 1920. The number of nitrogens with one attached hydrogen (secondary N) is 2. The van der Waals surface area contributed by atoms with E-state index in [-0.39, 0.29) is 34.8 Å². The van der Waals surface area contributed by atoms with Crippen molar-refractivity contribution in [1.82, 2.24) is 25.1 Å². The summed E-state index contributed by atoms with van der Waals surface area (Å²) in [4.78, 5) is 51.8. The summed E-state index contributed by atoms with van der Waals surface area (Å²) in [5, 5.41) is 5.28. The van der Waals surface area contributed by atoms with Gasteiger partial charge in [-0.25, -0.2) is 23.2 Å². The van der Waals surface area contributed by atoms with Crippen molar-refractivity contribution in [3.8, 4) is 0 Å². The molecule has 2 N–H and O–H groups in total. The number of carbonyl (C=O) groups excluding carboxylic acids is 3. The lowest BCUT2D eigenvalue weighted by atomic mass is 9.90. The van der Waals surface area contributed by atoms with Crippen molar-refractivity contribution < 1.29 is 27.5 Å². The van der Waals surface area contributed by atoms with E-state index in [1.165, 1.54) is 0 Å². The van der Waals surface area contributed by atoms with E-state index >= 15 is 0 Å². The number of piperidine rings is 2. The Labute approximate surface area is 305 Å². The van der Waals surface area contributed by atoms with Gasteiger partial charge in [0.2, 0.25) is 17.8 Å². The molecule has 5 heterocycles. The molecule has 2 aromatic carbocycles. The zero-order valence-corrected chi connectivity index (χ0v) is 30.8. The number of nitrogens with zero attached hydrogens (tertiary/aromatic N) is 5. The maximum atomic E-state index is 13.5. The van der Waals surface area contributed by atoms with Crippen LogP contribution < -0.4 is 15.5 Å². The highest BCUT2D eigenvalue weighted by Gasteiger charge is 2.37. The number of imide groups is 1. The molecular weight excluding hydrogens is 683 g/mol. The lowest BCUT2D eigenvalue weighted by Crippen LogP contribution is -2.61. The van der Waals surface area contributed by atoms with Crippen molar-refractivity contribution in [3.05, 3.63) is 77.1 Å². The number of rotatable bonds is 8. The standard InChI is InChI=1S/C38H47N7O6S/c1-38(2,3)51-37(48)44-17-14-27-20-39-36(41-33(27)23-44)40-28-8-4-25(5-9-28)24-52(49,50)31-15-18-43(19-16-31)30-21-45(22-30)29-10-6-26(7-11-29)32-12-13-34(46)42-35(32)47/h4-11,20,30-32H,12-19,21-24H2,1-3H3,(H,39,40,41)(H,42,46,47). The molecule has 1 aromatic heterocycles. The summed E-state index contributed by atoms with van der Waals surface area (Å²) in [5.41, 5.74) is 4.72. The molecule has 4 aliphatic rings. The van der Waals surface area contributed by atoms with E-state index in [4.69, 9.17) is 4.74 Å². The predicted molar refractivity (Wildman–Crippen MR) is 197 cm³/mol. The van der Waals surface area contributed by atoms with Crippen LogP contribution in [-0.4, -0.2) is 95.7 Å². The minimum atomic E-state index is -3.33. The van der Waals surface area contributed by atoms with Crippen LogP contribution in [0.5, 0.6) is 0 Å². The molecule has 276 valence electrons. The molecule has 3 fully saturated rings. The fraction of sp³-hybridized carbons (Fsp3) is 0.500. The van der Waals surface area contributed by atoms with Crippen LogP contribution in [0.25, 0.3) is 0 Å². The number of sulfone groups is 1. The van der Waals surface area contributed by atoms with Crippen LogP contribution in [0.15, 0.2) is 54.7 Å². The number of hydrogen-bond acceptors (Lipinski definition) is 11. The molecule has 0 aliphatic carbocycles. The Morgan fingerprint density at radius 3 is 2.35 bits per heavy atom. The summed E-state index contributed by atoms with van der Waals surface area (Å²) in [7, 11) is -3.33. The van der Waals surface area contributed by atoms with Crippen molar-refractivity contribution in [1.29, 1.82) is 0 Å². The molecule has 52 heavy (non-hydrogen) atoms. The topological polar surface area (TPSA) is 154 Å². The van der Waals surface area contributed by atoms with Crippen LogP contribution in [0.4, 0.5) is 22.1 Å². The molecule has 0 saturated carbocycles. The van der Waals surface area contributed by atoms with Crippen LogP contribution in [0, 0.1) is 0 Å². The fourth-order valence-corrected chi connectivity index (χ4v) is 9.26. The minimum Gasteiger partial charge on any atom is -0.444 e. The molecule has 3 amide bonds. The van der Waals surface area contributed by atoms with Crippen molar-refractivity contribution >= 4 is 45.1 Å². The van der Waals surface area contributed by atoms with Crippen LogP contribution in [0.3, 0.4) is 0 Å². The summed E-state index contributed by atoms with van der Waals surface area (Å²) in [5.74, 6) is -0.304. The number of fused-ring (bicyclic) bond motifs is 1. The Balaban J connectivity index is 0.863. The van der Waals surface area contributed by atoms with E-state index in [0.717, 1.165) is 59.9 Å². The molecule has 0 radical (unpaired) electrons. The first kappa shape index (κ1) is 35.8. The van der Waals surface area contributed by atoms with Gasteiger partial charge in [0.1, 0.15) is 5.60 Å². The number of benzene rings is 2. The van der Waals surface area contributed by atoms with Gasteiger partial charge in [-0.2, -0.15) is 0 Å². The van der Waals surface area contributed by atoms with E-state index in [1.807, 2.05) is 69.3 Å². The summed E-state index contributed by atoms with van der Waals surface area (Å²) >= 11 is 0. The molecule has 7 rings (SSSR count). The van der Waals surface area contributed by atoms with Gasteiger partial charge in [0.15, 0.2) is 9.84 Å². The molecule has 13 nitrogen and oxygen atoms in total. The average molecular weight is 730 g/mol. The predicted octanol–water partition coefficient (Wildman–Crippen LogP) is 4.30. The highest BCUT2D eigenvalue weighted by Crippen LogP contribution is 2.31. The Hall–Kier alpha value is -4.56. The first-order valence-electron chi connectivity index (χ1n) is 18.1. The first-order chi connectivity index (χ1) is 24.8. The third-order valence-electron chi connectivity index (χ3n) is 10.4. The number of anilines is 3. The third kappa shape index (κ3) is 8.23. The Morgan fingerprint density at radius 1 is 0.962 bits per heavy atom. The molecule has 3 aromatic rings. The quantitative estimate of drug-likeness (QED) is 0.319. The summed E-state index contributed by atoms with van der Waals surface area (Å²) < 4.78 is 32.4. The molecule has 3 saturated heterocycles. The van der Waals surface area contributed by atoms with E-state index in [1.54, 1.807) is 11.1 Å². The van der Waals surface area contributed by atoms with Crippen molar-refractivity contribution in [2.75, 3.05) is 42.9 Å². The lowest BCUT2D eigenvalue weighted by molar-refractivity contribution is -0.134. The normalized spacial score (nSPS) is 20.6. The average Bonchev–Trinajstić information content (AvgIpc) is 3.08. The van der Waals surface area contributed by atoms with Gasteiger partial charge in [0, 0.05) is 49.7 Å². The largest absolute Gasteiger partial charge is 0.444 e. The Kier molecular flexibility index (Phi) is 9.96. The number of ether oxygens (including phenoxy) is 1. The monoisotopic (exact) mass is 729 g/mol. The van der Waals surface area contributed by atoms with Gasteiger partial charge in [-0.3, -0.25) is 19.8 Å². The molecule has 14 heteroatoms. The zero-order valence-electron chi connectivity index (χ0n) is 30.0. The van der Waals surface area contributed by atoms with Crippen molar-refractivity contribution in [2.45, 2.75) is 88.0 Å². The maximum Gasteiger partial charge on any atom is 0.410 e. The van der Waals surface area contributed by atoms with Gasteiger partial charge in [0.25, 0.3) is 0 Å². The molecule has 4 aliphatic heterocycles. The number of amides is 3. The van der Waals surface area contributed by atoms with Crippen LogP contribution in [-0.2, 0) is 42.9 Å². The zero-order chi connectivity index (χ0) is 36.6. The minimum absolute atomic E-state index is 0.000181. The number of carbonyl (C=O) groups is 3. The van der Waals surface area contributed by atoms with Gasteiger partial charge in [-0.1, -0.05) is 24.3 Å². The number of likely N-dealkylation sites (tertiary alicyclic amines) is 1. The summed E-state index contributed by atoms with van der Waals surface area (Å²) in [6.07, 6.45) is 4.24. The van der Waals surface area contributed by atoms with E-state index in [9.17, 15) is 22.8 Å². The number of aromatic nitrogens is 2. The molecule has 0 spiro atoms. The second-order valence-electron chi connectivity index (χ2n) is 15.3. The third-order valence-corrected chi connectivity index (χ3v) is 12.7. The van der Waals surface area contributed by atoms with Crippen molar-refractivity contribution in [3.63, 3.8) is 0 Å². The van der Waals surface area contributed by atoms with Crippen molar-refractivity contribution in [2.24, 2.45) is 0 Å². The lowest BCUT2D eigenvalue weighted by Gasteiger charge is -2.48. The highest BCUT2D eigenvalue weighted by molar-refractivity contribution is 7.91. The second kappa shape index (κ2) is 14.5. The summed E-state index contributed by atoms with van der Waals surface area (Å²) in [6, 6.07) is 15.8. The van der Waals surface area contributed by atoms with Gasteiger partial charge in [-0.15, -0.1) is 0 Å². The maximum absolute atomic E-state index is 13.5. The molecule has 1 unspecified atom stereocenters. The van der Waals surface area contributed by atoms with E-state index in [2.05, 4.69) is 30.4 Å². The van der Waals surface area contributed by atoms with E-state index < -0.39 is 15.4 Å². The van der Waals surface area contributed by atoms with Crippen LogP contribution in [0.1, 0.15) is 74.8 Å². The first-order valence-corrected chi connectivity index (χ1v) is 19.8. The summed E-state index contributed by atoms with van der Waals surface area (Å²) in [6.45, 7) is 9.73. The molecule has 0 bridgehead atoms. The van der Waals surface area contributed by atoms with E-state index in [0.29, 0.717) is 57.2 Å². The highest BCUT2D eigenvalue weighted by atomic mass is 32.2. The number of hydrogen-bond donors (Lipinski definition) is 2. The van der Waals surface area contributed by atoms with Gasteiger partial charge in [-0.05, 0) is 100 Å². The smallest absolute Gasteiger partial charge is 0.410 e. The van der Waals surface area contributed by atoms with Crippen LogP contribution >= 0.6 is 0 Å². The van der Waals surface area contributed by atoms with Gasteiger partial charge in [0.05, 0.1) is 29.2 Å². The molecular formula is C38H47N7O6S.